The second-order valence-electron chi connectivity index (χ2n) is 5.58. The Morgan fingerprint density at radius 3 is 2.62 bits per heavy atom. The molecule has 136 valence electrons. The summed E-state index contributed by atoms with van der Waals surface area (Å²) in [6.45, 7) is 3.24. The lowest BCUT2D eigenvalue weighted by molar-refractivity contribution is 0.0760. The van der Waals surface area contributed by atoms with E-state index in [0.29, 0.717) is 35.4 Å². The molecule has 0 saturated heterocycles. The van der Waals surface area contributed by atoms with Gasteiger partial charge in [0.15, 0.2) is 5.76 Å². The van der Waals surface area contributed by atoms with Gasteiger partial charge < -0.3 is 14.1 Å². The third-order valence-electron chi connectivity index (χ3n) is 3.89. The minimum atomic E-state index is -0.654. The predicted octanol–water partition coefficient (Wildman–Crippen LogP) is 1.86. The summed E-state index contributed by atoms with van der Waals surface area (Å²) >= 11 is 0. The largest absolute Gasteiger partial charge is 0.455 e. The lowest BCUT2D eigenvalue weighted by atomic mass is 9.93. The number of hydrogen-bond donors (Lipinski definition) is 1. The molecule has 0 atom stereocenters. The maximum Gasteiger partial charge on any atom is 0.427 e. The van der Waals surface area contributed by atoms with E-state index >= 15 is 0 Å². The number of carbonyl (C=O) groups excluding carboxylic acids is 2. The van der Waals surface area contributed by atoms with Gasteiger partial charge >= 0.3 is 6.09 Å². The minimum absolute atomic E-state index is 0.0891. The molecule has 1 aromatic rings. The zero-order valence-electron chi connectivity index (χ0n) is 14.7. The maximum atomic E-state index is 12.6. The summed E-state index contributed by atoms with van der Waals surface area (Å²) in [5, 5.41) is 21.8. The first kappa shape index (κ1) is 19.0. The number of nitrogens with zero attached hydrogens (tertiary/aromatic N) is 4. The van der Waals surface area contributed by atoms with Crippen LogP contribution in [0.1, 0.15) is 47.2 Å². The zero-order chi connectivity index (χ0) is 19.1. The fourth-order valence-electron chi connectivity index (χ4n) is 2.77. The molecule has 0 saturated carbocycles. The molecule has 0 aromatic carbocycles. The van der Waals surface area contributed by atoms with Crippen molar-refractivity contribution in [2.75, 3.05) is 19.7 Å². The molecule has 1 heterocycles. The number of fused-ring (bicyclic) bond motifs is 1. The number of nitrogens with one attached hydrogen (secondary N) is 1. The van der Waals surface area contributed by atoms with Crippen LogP contribution in [-0.2, 0) is 11.2 Å². The second-order valence-corrected chi connectivity index (χ2v) is 5.58. The van der Waals surface area contributed by atoms with Crippen LogP contribution in [0.5, 0.6) is 0 Å². The fourth-order valence-corrected chi connectivity index (χ4v) is 2.77. The average Bonchev–Trinajstić information content (AvgIpc) is 2.97. The second kappa shape index (κ2) is 8.67. The van der Waals surface area contributed by atoms with Gasteiger partial charge in [0.1, 0.15) is 18.8 Å². The molecule has 1 N–H and O–H groups in total. The van der Waals surface area contributed by atoms with Crippen molar-refractivity contribution in [1.29, 1.82) is 10.5 Å². The number of furan rings is 1. The average molecular weight is 357 g/mol. The molecule has 0 unspecified atom stereocenters. The van der Waals surface area contributed by atoms with Crippen LogP contribution in [0.4, 0.5) is 4.79 Å². The molecule has 2 rings (SSSR count). The van der Waals surface area contributed by atoms with Crippen molar-refractivity contribution in [3.8, 4) is 12.1 Å². The summed E-state index contributed by atoms with van der Waals surface area (Å²) in [7, 11) is 0. The van der Waals surface area contributed by atoms with Crippen molar-refractivity contribution in [2.24, 2.45) is 5.10 Å². The van der Waals surface area contributed by atoms with Crippen LogP contribution < -0.4 is 5.43 Å². The van der Waals surface area contributed by atoms with E-state index in [0.717, 1.165) is 11.3 Å². The van der Waals surface area contributed by atoms with Gasteiger partial charge in [-0.2, -0.15) is 15.6 Å². The fraction of sp³-hybridized carbons (Fsp3) is 0.471. The first-order valence-corrected chi connectivity index (χ1v) is 8.18. The van der Waals surface area contributed by atoms with E-state index in [4.69, 9.17) is 19.7 Å². The summed E-state index contributed by atoms with van der Waals surface area (Å²) in [4.78, 5) is 25.2. The molecule has 9 heteroatoms. The summed E-state index contributed by atoms with van der Waals surface area (Å²) in [5.41, 5.74) is 4.19. The highest BCUT2D eigenvalue weighted by Crippen LogP contribution is 2.30. The van der Waals surface area contributed by atoms with Crippen molar-refractivity contribution in [3.05, 3.63) is 22.6 Å². The Balaban J connectivity index is 2.33. The molecule has 1 aromatic heterocycles. The van der Waals surface area contributed by atoms with Gasteiger partial charge in [0.25, 0.3) is 5.91 Å². The molecule has 0 radical (unpaired) electrons. The van der Waals surface area contributed by atoms with Crippen molar-refractivity contribution in [1.82, 2.24) is 10.3 Å². The lowest BCUT2D eigenvalue weighted by Gasteiger charge is -2.14. The van der Waals surface area contributed by atoms with Crippen LogP contribution in [0, 0.1) is 29.6 Å². The lowest BCUT2D eigenvalue weighted by Crippen LogP contribution is -2.32. The number of rotatable bonds is 5. The van der Waals surface area contributed by atoms with Crippen LogP contribution >= 0.6 is 0 Å². The highest BCUT2D eigenvalue weighted by atomic mass is 16.5. The Bertz CT molecular complexity index is 796. The predicted molar refractivity (Wildman–Crippen MR) is 90.2 cm³/mol. The van der Waals surface area contributed by atoms with Crippen molar-refractivity contribution in [3.63, 3.8) is 0 Å². The third kappa shape index (κ3) is 4.01. The quantitative estimate of drug-likeness (QED) is 0.632. The Morgan fingerprint density at radius 2 is 2.00 bits per heavy atom. The molecule has 9 nitrogen and oxygen atoms in total. The van der Waals surface area contributed by atoms with Crippen LogP contribution in [0.15, 0.2) is 9.52 Å². The van der Waals surface area contributed by atoms with E-state index in [9.17, 15) is 9.59 Å². The number of carbonyl (C=O) groups is 2. The van der Waals surface area contributed by atoms with Crippen molar-refractivity contribution in [2.45, 2.75) is 33.1 Å². The van der Waals surface area contributed by atoms with E-state index in [1.165, 1.54) is 0 Å². The van der Waals surface area contributed by atoms with Gasteiger partial charge in [0.05, 0.1) is 24.5 Å². The number of aryl methyl sites for hydroxylation is 1. The minimum Gasteiger partial charge on any atom is -0.455 e. The zero-order valence-corrected chi connectivity index (χ0v) is 14.7. The summed E-state index contributed by atoms with van der Waals surface area (Å²) in [6.07, 6.45) is 1.36. The van der Waals surface area contributed by atoms with E-state index < -0.39 is 12.0 Å². The van der Waals surface area contributed by atoms with Gasteiger partial charge in [-0.3, -0.25) is 4.79 Å². The smallest absolute Gasteiger partial charge is 0.427 e. The van der Waals surface area contributed by atoms with E-state index in [1.54, 1.807) is 13.8 Å². The SMILES string of the molecule is CCOC(=O)N/N=C1\CCCc2oc(C(=O)N(CC#N)CC#N)c(C)c21. The molecule has 1 aliphatic carbocycles. The Labute approximate surface area is 150 Å². The number of hydrogen-bond acceptors (Lipinski definition) is 7. The van der Waals surface area contributed by atoms with Gasteiger partial charge in [-0.1, -0.05) is 0 Å². The molecule has 1 aliphatic rings. The molecular weight excluding hydrogens is 338 g/mol. The molecule has 0 fully saturated rings. The normalized spacial score (nSPS) is 14.1. The van der Waals surface area contributed by atoms with E-state index in [-0.39, 0.29) is 25.5 Å². The first-order chi connectivity index (χ1) is 12.5. The molecule has 0 bridgehead atoms. The standard InChI is InChI=1S/C17H19N5O4/c1-3-25-17(24)21-20-12-5-4-6-13-14(12)11(2)15(26-13)16(23)22(9-7-18)10-8-19/h3-6,9-10H2,1-2H3,(H,21,24)/b20-12+. The van der Waals surface area contributed by atoms with Gasteiger partial charge in [-0.05, 0) is 26.7 Å². The monoisotopic (exact) mass is 357 g/mol. The summed E-state index contributed by atoms with van der Waals surface area (Å²) in [5.74, 6) is 0.180. The van der Waals surface area contributed by atoms with Crippen molar-refractivity contribution < 1.29 is 18.7 Å². The molecule has 26 heavy (non-hydrogen) atoms. The van der Waals surface area contributed by atoms with Gasteiger partial charge in [-0.15, -0.1) is 0 Å². The van der Waals surface area contributed by atoms with Gasteiger partial charge in [0, 0.05) is 17.5 Å². The van der Waals surface area contributed by atoms with E-state index in [2.05, 4.69) is 10.5 Å². The molecular formula is C17H19N5O4. The van der Waals surface area contributed by atoms with Crippen molar-refractivity contribution >= 4 is 17.7 Å². The highest BCUT2D eigenvalue weighted by molar-refractivity contribution is 6.06. The Kier molecular flexibility index (Phi) is 6.34. The number of amides is 2. The van der Waals surface area contributed by atoms with Crippen LogP contribution in [0.2, 0.25) is 0 Å². The first-order valence-electron chi connectivity index (χ1n) is 8.18. The molecule has 0 spiro atoms. The molecule has 0 aliphatic heterocycles. The third-order valence-corrected chi connectivity index (χ3v) is 3.89. The van der Waals surface area contributed by atoms with E-state index in [1.807, 2.05) is 12.1 Å². The highest BCUT2D eigenvalue weighted by Gasteiger charge is 2.30. The topological polar surface area (TPSA) is 132 Å². The Hall–Kier alpha value is -3.33. The van der Waals surface area contributed by atoms with Gasteiger partial charge in [-0.25, -0.2) is 10.2 Å². The number of nitriles is 2. The van der Waals surface area contributed by atoms with Gasteiger partial charge in [0.2, 0.25) is 0 Å². The number of ether oxygens (including phenoxy) is 1. The molecule has 2 amide bonds. The summed E-state index contributed by atoms with van der Waals surface area (Å²) in [6, 6.07) is 3.73. The van der Waals surface area contributed by atoms with Crippen LogP contribution in [0.3, 0.4) is 0 Å². The Morgan fingerprint density at radius 1 is 1.31 bits per heavy atom. The summed E-state index contributed by atoms with van der Waals surface area (Å²) < 4.78 is 10.5. The number of hydrazone groups is 1. The van der Waals surface area contributed by atoms with Crippen LogP contribution in [0.25, 0.3) is 0 Å². The van der Waals surface area contributed by atoms with Crippen LogP contribution in [-0.4, -0.2) is 42.3 Å². The maximum absolute atomic E-state index is 12.6.